The van der Waals surface area contributed by atoms with Crippen LogP contribution in [0.3, 0.4) is 0 Å². The summed E-state index contributed by atoms with van der Waals surface area (Å²) in [5, 5.41) is 0.390. The summed E-state index contributed by atoms with van der Waals surface area (Å²) in [6.45, 7) is 19.7. The van der Waals surface area contributed by atoms with E-state index in [4.69, 9.17) is 30.8 Å². The molecule has 0 fully saturated rings. The van der Waals surface area contributed by atoms with Gasteiger partial charge < -0.3 is 28.6 Å². The maximum absolute atomic E-state index is 13.8. The molecule has 50 heavy (non-hydrogen) atoms. The normalized spacial score (nSPS) is 12.0. The Morgan fingerprint density at radius 3 is 2.04 bits per heavy atom. The fraction of sp³-hybridized carbons (Fsp3) is 0.513. The lowest BCUT2D eigenvalue weighted by Gasteiger charge is -2.18. The zero-order valence-corrected chi connectivity index (χ0v) is 31.1. The Morgan fingerprint density at radius 2 is 1.42 bits per heavy atom. The van der Waals surface area contributed by atoms with Crippen LogP contribution in [0, 0.1) is 6.92 Å². The van der Waals surface area contributed by atoms with Gasteiger partial charge in [0.25, 0.3) is 0 Å². The van der Waals surface area contributed by atoms with Crippen LogP contribution in [0.4, 0.5) is 13.2 Å². The van der Waals surface area contributed by atoms with Crippen LogP contribution < -0.4 is 14.2 Å². The maximum Gasteiger partial charge on any atom is 0.416 e. The minimum atomic E-state index is -4.51. The third kappa shape index (κ3) is 10.3. The smallest absolute Gasteiger partial charge is 0.416 e. The highest BCUT2D eigenvalue weighted by Crippen LogP contribution is 2.41. The molecule has 0 saturated carbocycles. The molecule has 4 rings (SSSR count). The van der Waals surface area contributed by atoms with E-state index < -0.39 is 11.7 Å². The van der Waals surface area contributed by atoms with Gasteiger partial charge in [0.1, 0.15) is 28.6 Å². The molecule has 0 N–H and O–H groups in total. The first-order valence-electron chi connectivity index (χ1n) is 17.9. The van der Waals surface area contributed by atoms with Crippen LogP contribution in [0.25, 0.3) is 22.4 Å². The van der Waals surface area contributed by atoms with Crippen molar-refractivity contribution in [2.24, 2.45) is 0 Å². The molecule has 1 heterocycles. The Labute approximate surface area is 300 Å². The average molecular weight is 717 g/mol. The van der Waals surface area contributed by atoms with E-state index in [2.05, 4.69) is 49.0 Å². The first-order chi connectivity index (χ1) is 24.0. The summed E-state index contributed by atoms with van der Waals surface area (Å²) < 4.78 is 62.4. The van der Waals surface area contributed by atoms with Crippen molar-refractivity contribution in [3.63, 3.8) is 0 Å². The highest BCUT2D eigenvalue weighted by Gasteiger charge is 2.33. The quantitative estimate of drug-likeness (QED) is 0.0849. The largest absolute Gasteiger partial charge is 0.493 e. The number of aryl methyl sites for hydroxylation is 2. The molecule has 0 amide bonds. The fourth-order valence-electron chi connectivity index (χ4n) is 6.00. The molecule has 7 nitrogen and oxygen atoms in total. The van der Waals surface area contributed by atoms with Crippen LogP contribution in [0.5, 0.6) is 23.0 Å². The minimum Gasteiger partial charge on any atom is -0.493 e. The van der Waals surface area contributed by atoms with Crippen molar-refractivity contribution in [1.29, 1.82) is 0 Å². The van der Waals surface area contributed by atoms with E-state index in [1.165, 1.54) is 19.1 Å². The molecule has 0 atom stereocenters. The van der Waals surface area contributed by atoms with E-state index in [0.717, 1.165) is 76.5 Å². The lowest BCUT2D eigenvalue weighted by molar-refractivity contribution is -0.138. The second kappa shape index (κ2) is 18.7. The number of imidazole rings is 1. The molecule has 0 spiro atoms. The van der Waals surface area contributed by atoms with Gasteiger partial charge in [-0.1, -0.05) is 58.7 Å². The SMILES string of the molecule is CCCCn1c(-c2ccc(Cl)cc2Oc2ccc(C)c(C(F)(F)F)c2)nc2c(OCCCN(CC)CC)cc(OCCCN(CC)CC)cc21. The van der Waals surface area contributed by atoms with Crippen molar-refractivity contribution in [2.75, 3.05) is 52.5 Å². The number of nitrogens with zero attached hydrogens (tertiary/aromatic N) is 4. The van der Waals surface area contributed by atoms with Crippen molar-refractivity contribution >= 4 is 22.6 Å². The van der Waals surface area contributed by atoms with Crippen molar-refractivity contribution in [3.8, 4) is 34.4 Å². The number of hydrogen-bond donors (Lipinski definition) is 0. The standard InChI is InChI=1S/C39H52ClF3N4O3/c1-7-12-21-47-34-26-31(48-22-13-19-45(8-2)9-3)27-36(49-23-14-20-46(10-4)11-5)37(34)44-38(47)32-18-16-29(40)24-35(32)50-30-17-15-28(6)33(25-30)39(41,42)43/h15-18,24-27H,7-14,19-23H2,1-6H3. The highest BCUT2D eigenvalue weighted by molar-refractivity contribution is 6.30. The van der Waals surface area contributed by atoms with Crippen LogP contribution in [0.2, 0.25) is 5.02 Å². The van der Waals surface area contributed by atoms with Crippen molar-refractivity contribution < 1.29 is 27.4 Å². The molecule has 0 saturated heterocycles. The van der Waals surface area contributed by atoms with Gasteiger partial charge in [0, 0.05) is 42.9 Å². The molecule has 274 valence electrons. The van der Waals surface area contributed by atoms with Crippen LogP contribution in [-0.4, -0.2) is 71.8 Å². The molecular weight excluding hydrogens is 665 g/mol. The van der Waals surface area contributed by atoms with Crippen LogP contribution >= 0.6 is 11.6 Å². The van der Waals surface area contributed by atoms with Gasteiger partial charge in [0.15, 0.2) is 5.75 Å². The molecule has 0 aliphatic carbocycles. The predicted molar refractivity (Wildman–Crippen MR) is 197 cm³/mol. The number of hydrogen-bond acceptors (Lipinski definition) is 6. The topological polar surface area (TPSA) is 52.0 Å². The number of benzene rings is 3. The Bertz CT molecular complexity index is 1670. The zero-order valence-electron chi connectivity index (χ0n) is 30.3. The van der Waals surface area contributed by atoms with E-state index in [1.54, 1.807) is 18.2 Å². The average Bonchev–Trinajstić information content (AvgIpc) is 3.45. The zero-order chi connectivity index (χ0) is 36.3. The maximum atomic E-state index is 13.8. The van der Waals surface area contributed by atoms with E-state index in [1.807, 2.05) is 12.1 Å². The van der Waals surface area contributed by atoms with Gasteiger partial charge in [-0.15, -0.1) is 0 Å². The second-order valence-corrected chi connectivity index (χ2v) is 12.8. The molecule has 0 bridgehead atoms. The van der Waals surface area contributed by atoms with Gasteiger partial charge in [-0.3, -0.25) is 0 Å². The molecule has 0 aliphatic heterocycles. The first-order valence-corrected chi connectivity index (χ1v) is 18.3. The number of fused-ring (bicyclic) bond motifs is 1. The summed E-state index contributed by atoms with van der Waals surface area (Å²) >= 11 is 6.43. The molecule has 3 aromatic carbocycles. The molecule has 4 aromatic rings. The van der Waals surface area contributed by atoms with E-state index in [9.17, 15) is 13.2 Å². The van der Waals surface area contributed by atoms with Gasteiger partial charge in [-0.05, 0) is 82.2 Å². The van der Waals surface area contributed by atoms with E-state index in [-0.39, 0.29) is 11.3 Å². The Balaban J connectivity index is 1.78. The third-order valence-electron chi connectivity index (χ3n) is 9.01. The molecule has 1 aromatic heterocycles. The first kappa shape index (κ1) is 39.3. The van der Waals surface area contributed by atoms with Gasteiger partial charge in [0.05, 0.1) is 29.9 Å². The van der Waals surface area contributed by atoms with E-state index >= 15 is 0 Å². The van der Waals surface area contributed by atoms with E-state index in [0.29, 0.717) is 58.9 Å². The Morgan fingerprint density at radius 1 is 0.760 bits per heavy atom. The summed E-state index contributed by atoms with van der Waals surface area (Å²) in [5.41, 5.74) is 1.51. The second-order valence-electron chi connectivity index (χ2n) is 12.4. The summed E-state index contributed by atoms with van der Waals surface area (Å²) in [4.78, 5) is 9.86. The van der Waals surface area contributed by atoms with Gasteiger partial charge in [-0.2, -0.15) is 13.2 Å². The van der Waals surface area contributed by atoms with Crippen molar-refractivity contribution in [3.05, 3.63) is 64.7 Å². The van der Waals surface area contributed by atoms with Crippen LogP contribution in [0.15, 0.2) is 48.5 Å². The van der Waals surface area contributed by atoms with Crippen LogP contribution in [-0.2, 0) is 12.7 Å². The van der Waals surface area contributed by atoms with Gasteiger partial charge in [0.2, 0.25) is 0 Å². The number of aromatic nitrogens is 2. The number of rotatable bonds is 20. The van der Waals surface area contributed by atoms with Crippen molar-refractivity contribution in [1.82, 2.24) is 19.4 Å². The highest BCUT2D eigenvalue weighted by atomic mass is 35.5. The Hall–Kier alpha value is -3.47. The molecule has 11 heteroatoms. The molecule has 0 radical (unpaired) electrons. The third-order valence-corrected chi connectivity index (χ3v) is 9.24. The number of halogens is 4. The van der Waals surface area contributed by atoms with Gasteiger partial charge >= 0.3 is 6.18 Å². The Kier molecular flexibility index (Phi) is 14.7. The molecular formula is C39H52ClF3N4O3. The summed E-state index contributed by atoms with van der Waals surface area (Å²) in [6, 6.07) is 13.0. The fourth-order valence-corrected chi connectivity index (χ4v) is 6.16. The summed E-state index contributed by atoms with van der Waals surface area (Å²) in [7, 11) is 0. The number of unbranched alkanes of at least 4 members (excludes halogenated alkanes) is 1. The summed E-state index contributed by atoms with van der Waals surface area (Å²) in [6.07, 6.45) is -0.942. The number of ether oxygens (including phenoxy) is 3. The monoisotopic (exact) mass is 716 g/mol. The lowest BCUT2D eigenvalue weighted by atomic mass is 10.1. The molecule has 0 aliphatic rings. The van der Waals surface area contributed by atoms with Crippen LogP contribution in [0.1, 0.15) is 71.4 Å². The predicted octanol–water partition coefficient (Wildman–Crippen LogP) is 10.5. The van der Waals surface area contributed by atoms with Gasteiger partial charge in [-0.25, -0.2) is 4.98 Å². The summed E-state index contributed by atoms with van der Waals surface area (Å²) in [5.74, 6) is 2.29. The van der Waals surface area contributed by atoms with Crippen molar-refractivity contribution in [2.45, 2.75) is 79.9 Å². The minimum absolute atomic E-state index is 0.0558. The molecule has 0 unspecified atom stereocenters. The lowest BCUT2D eigenvalue weighted by Crippen LogP contribution is -2.25. The number of alkyl halides is 3.